The maximum Gasteiger partial charge on any atom is 0.418 e. The van der Waals surface area contributed by atoms with Crippen molar-refractivity contribution in [3.8, 4) is 11.5 Å². The molecule has 0 atom stereocenters. The number of halogens is 5. The Bertz CT molecular complexity index is 856. The van der Waals surface area contributed by atoms with Crippen molar-refractivity contribution < 1.29 is 27.8 Å². The van der Waals surface area contributed by atoms with E-state index in [0.717, 1.165) is 0 Å². The average Bonchev–Trinajstić information content (AvgIpc) is 2.47. The van der Waals surface area contributed by atoms with Crippen LogP contribution in [0.5, 0.6) is 11.5 Å². The minimum absolute atomic E-state index is 0.0839. The van der Waals surface area contributed by atoms with Crippen molar-refractivity contribution in [3.63, 3.8) is 0 Å². The van der Waals surface area contributed by atoms with Crippen molar-refractivity contribution in [1.29, 1.82) is 0 Å². The maximum absolute atomic E-state index is 13.0. The number of rotatable bonds is 4. The molecule has 12 heteroatoms. The van der Waals surface area contributed by atoms with E-state index in [4.69, 9.17) is 27.9 Å². The molecular formula is C13H5Cl2F3N2O5. The van der Waals surface area contributed by atoms with E-state index in [1.165, 1.54) is 24.3 Å². The van der Waals surface area contributed by atoms with E-state index in [1.54, 1.807) is 0 Å². The number of alkyl halides is 3. The van der Waals surface area contributed by atoms with Gasteiger partial charge in [0.05, 0.1) is 15.4 Å². The van der Waals surface area contributed by atoms with Crippen LogP contribution in [0.25, 0.3) is 0 Å². The van der Waals surface area contributed by atoms with Gasteiger partial charge in [-0.25, -0.2) is 0 Å². The van der Waals surface area contributed by atoms with Crippen LogP contribution >= 0.6 is 23.2 Å². The minimum atomic E-state index is -5.13. The maximum atomic E-state index is 13.0. The lowest BCUT2D eigenvalue weighted by Gasteiger charge is -2.12. The Labute approximate surface area is 146 Å². The van der Waals surface area contributed by atoms with Gasteiger partial charge in [-0.1, -0.05) is 23.2 Å². The van der Waals surface area contributed by atoms with Gasteiger partial charge < -0.3 is 4.74 Å². The Hall–Kier alpha value is -2.59. The Morgan fingerprint density at radius 2 is 1.56 bits per heavy atom. The molecule has 2 aromatic carbocycles. The van der Waals surface area contributed by atoms with Crippen LogP contribution < -0.4 is 4.74 Å². The number of nitrogens with zero attached hydrogens (tertiary/aromatic N) is 2. The standard InChI is InChI=1S/C13H5Cl2F3N2O5/c14-6-1-3-7(4-2-6)25-12-9(19(21)22)5-8(13(16,17)18)10(15)11(12)20(23)24/h1-5H. The van der Waals surface area contributed by atoms with E-state index in [1.807, 2.05) is 0 Å². The molecule has 0 spiro atoms. The summed E-state index contributed by atoms with van der Waals surface area (Å²) in [5.74, 6) is -1.14. The van der Waals surface area contributed by atoms with Crippen LogP contribution in [0.2, 0.25) is 10.0 Å². The Balaban J connectivity index is 2.76. The summed E-state index contributed by atoms with van der Waals surface area (Å²) in [6.45, 7) is 0. The number of ether oxygens (including phenoxy) is 1. The molecule has 25 heavy (non-hydrogen) atoms. The smallest absolute Gasteiger partial charge is 0.418 e. The Morgan fingerprint density at radius 1 is 1.00 bits per heavy atom. The van der Waals surface area contributed by atoms with E-state index < -0.39 is 43.7 Å². The van der Waals surface area contributed by atoms with Gasteiger partial charge in [0.25, 0.3) is 5.75 Å². The molecule has 0 bridgehead atoms. The number of nitro groups is 2. The fourth-order valence-electron chi connectivity index (χ4n) is 1.84. The SMILES string of the molecule is O=[N+]([O-])c1cc(C(F)(F)F)c(Cl)c([N+](=O)[O-])c1Oc1ccc(Cl)cc1. The van der Waals surface area contributed by atoms with Crippen LogP contribution in [0.15, 0.2) is 30.3 Å². The van der Waals surface area contributed by atoms with Crippen LogP contribution in [0.1, 0.15) is 5.56 Å². The van der Waals surface area contributed by atoms with E-state index in [-0.39, 0.29) is 16.8 Å². The quantitative estimate of drug-likeness (QED) is 0.493. The molecule has 132 valence electrons. The summed E-state index contributed by atoms with van der Waals surface area (Å²) in [7, 11) is 0. The molecule has 0 heterocycles. The highest BCUT2D eigenvalue weighted by Crippen LogP contribution is 2.50. The fraction of sp³-hybridized carbons (Fsp3) is 0.0769. The highest BCUT2D eigenvalue weighted by Gasteiger charge is 2.43. The molecular weight excluding hydrogens is 392 g/mol. The number of benzene rings is 2. The van der Waals surface area contributed by atoms with Gasteiger partial charge in [0.2, 0.25) is 0 Å². The lowest BCUT2D eigenvalue weighted by Crippen LogP contribution is -2.10. The van der Waals surface area contributed by atoms with Crippen LogP contribution in [-0.4, -0.2) is 9.85 Å². The lowest BCUT2D eigenvalue weighted by atomic mass is 10.1. The Morgan fingerprint density at radius 3 is 2.00 bits per heavy atom. The molecule has 0 saturated heterocycles. The summed E-state index contributed by atoms with van der Waals surface area (Å²) in [5.41, 5.74) is -4.33. The van der Waals surface area contributed by atoms with Gasteiger partial charge >= 0.3 is 17.6 Å². The predicted octanol–water partition coefficient (Wildman–Crippen LogP) is 5.62. The van der Waals surface area contributed by atoms with Crippen molar-refractivity contribution in [1.82, 2.24) is 0 Å². The van der Waals surface area contributed by atoms with Crippen LogP contribution in [-0.2, 0) is 6.18 Å². The summed E-state index contributed by atoms with van der Waals surface area (Å²) in [4.78, 5) is 19.8. The number of hydrogen-bond acceptors (Lipinski definition) is 5. The molecule has 0 N–H and O–H groups in total. The van der Waals surface area contributed by atoms with Crippen molar-refractivity contribution in [2.45, 2.75) is 6.18 Å². The van der Waals surface area contributed by atoms with Gasteiger partial charge in [-0.3, -0.25) is 20.2 Å². The first-order chi connectivity index (χ1) is 11.5. The molecule has 2 rings (SSSR count). The summed E-state index contributed by atoms with van der Waals surface area (Å²) in [6, 6.07) is 5.17. The number of nitro benzene ring substituents is 2. The van der Waals surface area contributed by atoms with Crippen molar-refractivity contribution in [2.24, 2.45) is 0 Å². The Kier molecular flexibility index (Phi) is 5.04. The molecule has 0 fully saturated rings. The van der Waals surface area contributed by atoms with E-state index in [2.05, 4.69) is 0 Å². The second-order valence-electron chi connectivity index (χ2n) is 4.50. The van der Waals surface area contributed by atoms with Gasteiger partial charge in [-0.2, -0.15) is 13.2 Å². The summed E-state index contributed by atoms with van der Waals surface area (Å²) in [6.07, 6.45) is -5.13. The summed E-state index contributed by atoms with van der Waals surface area (Å²) < 4.78 is 43.9. The van der Waals surface area contributed by atoms with Crippen LogP contribution in [0.4, 0.5) is 24.5 Å². The first kappa shape index (κ1) is 18.7. The highest BCUT2D eigenvalue weighted by molar-refractivity contribution is 6.34. The van der Waals surface area contributed by atoms with E-state index in [0.29, 0.717) is 0 Å². The summed E-state index contributed by atoms with van der Waals surface area (Å²) in [5, 5.41) is 21.2. The van der Waals surface area contributed by atoms with Gasteiger partial charge in [-0.05, 0) is 24.3 Å². The second-order valence-corrected chi connectivity index (χ2v) is 5.32. The monoisotopic (exact) mass is 396 g/mol. The molecule has 0 amide bonds. The van der Waals surface area contributed by atoms with E-state index >= 15 is 0 Å². The molecule has 0 aliphatic rings. The average molecular weight is 397 g/mol. The lowest BCUT2D eigenvalue weighted by molar-refractivity contribution is -0.395. The third-order valence-corrected chi connectivity index (χ3v) is 3.53. The molecule has 7 nitrogen and oxygen atoms in total. The predicted molar refractivity (Wildman–Crippen MR) is 81.3 cm³/mol. The first-order valence-electron chi connectivity index (χ1n) is 6.18. The first-order valence-corrected chi connectivity index (χ1v) is 6.94. The molecule has 2 aromatic rings. The molecule has 0 unspecified atom stereocenters. The molecule has 0 saturated carbocycles. The van der Waals surface area contributed by atoms with Gasteiger partial charge in [0, 0.05) is 11.1 Å². The number of hydrogen-bond donors (Lipinski definition) is 0. The third-order valence-electron chi connectivity index (χ3n) is 2.89. The second kappa shape index (κ2) is 6.73. The third kappa shape index (κ3) is 3.91. The highest BCUT2D eigenvalue weighted by atomic mass is 35.5. The zero-order valence-electron chi connectivity index (χ0n) is 11.7. The van der Waals surface area contributed by atoms with Crippen molar-refractivity contribution in [3.05, 3.63) is 66.2 Å². The minimum Gasteiger partial charge on any atom is -0.444 e. The van der Waals surface area contributed by atoms with Crippen molar-refractivity contribution >= 4 is 34.6 Å². The largest absolute Gasteiger partial charge is 0.444 e. The van der Waals surface area contributed by atoms with Gasteiger partial charge in [0.15, 0.2) is 0 Å². The van der Waals surface area contributed by atoms with Gasteiger partial charge in [0.1, 0.15) is 10.8 Å². The molecule has 0 aliphatic heterocycles. The zero-order valence-corrected chi connectivity index (χ0v) is 13.2. The fourth-order valence-corrected chi connectivity index (χ4v) is 2.28. The molecule has 0 aromatic heterocycles. The van der Waals surface area contributed by atoms with Gasteiger partial charge in [-0.15, -0.1) is 0 Å². The molecule has 0 aliphatic carbocycles. The van der Waals surface area contributed by atoms with Crippen molar-refractivity contribution in [2.75, 3.05) is 0 Å². The normalized spacial score (nSPS) is 11.2. The van der Waals surface area contributed by atoms with Crippen LogP contribution in [0.3, 0.4) is 0 Å². The topological polar surface area (TPSA) is 95.5 Å². The molecule has 0 radical (unpaired) electrons. The van der Waals surface area contributed by atoms with E-state index in [9.17, 15) is 33.4 Å². The summed E-state index contributed by atoms with van der Waals surface area (Å²) >= 11 is 11.1. The zero-order chi connectivity index (χ0) is 18.9. The van der Waals surface area contributed by atoms with Crippen LogP contribution in [0, 0.1) is 20.2 Å².